The van der Waals surface area contributed by atoms with Gasteiger partial charge in [0, 0.05) is 49.5 Å². The Hall–Kier alpha value is -3.63. The Bertz CT molecular complexity index is 1330. The van der Waals surface area contributed by atoms with E-state index in [9.17, 15) is 14.0 Å². The Kier molecular flexibility index (Phi) is 9.32. The molecule has 214 valence electrons. The van der Waals surface area contributed by atoms with Crippen LogP contribution in [-0.4, -0.2) is 64.6 Å². The van der Waals surface area contributed by atoms with Crippen LogP contribution in [0.25, 0.3) is 11.3 Å². The van der Waals surface area contributed by atoms with Crippen LogP contribution in [0.15, 0.2) is 48.7 Å². The van der Waals surface area contributed by atoms with Gasteiger partial charge < -0.3 is 25.0 Å². The molecule has 1 aliphatic heterocycles. The monoisotopic (exact) mass is 571 g/mol. The molecule has 2 aromatic carbocycles. The summed E-state index contributed by atoms with van der Waals surface area (Å²) >= 11 is 6.44. The van der Waals surface area contributed by atoms with Crippen LogP contribution in [0.2, 0.25) is 5.02 Å². The van der Waals surface area contributed by atoms with Crippen molar-refractivity contribution in [3.05, 3.63) is 65.1 Å². The Labute approximate surface area is 238 Å². The Morgan fingerprint density at radius 2 is 1.90 bits per heavy atom. The molecule has 1 aliphatic rings. The number of halogens is 2. The number of hydrogen-bond acceptors (Lipinski definition) is 6. The van der Waals surface area contributed by atoms with E-state index in [1.54, 1.807) is 47.1 Å². The molecule has 1 aromatic heterocycles. The van der Waals surface area contributed by atoms with E-state index >= 15 is 0 Å². The standard InChI is InChI=1S/C29H35ClFN5O4/c1-29(2,3)40-28(38)36-13-10-21(11-14-36)32-12-15-39-25-9-8-22(17-23(25)26-24(30)18-33-35(26)4)34-27(37)19-6-5-7-20(31)16-19/h5-9,16-18,21,32H,10-15H2,1-4H3,(H,34,37). The average Bonchev–Trinajstić information content (AvgIpc) is 3.24. The third-order valence-corrected chi connectivity index (χ3v) is 6.69. The highest BCUT2D eigenvalue weighted by molar-refractivity contribution is 6.33. The molecule has 11 heteroatoms. The van der Waals surface area contributed by atoms with Gasteiger partial charge in [0.15, 0.2) is 0 Å². The molecule has 0 saturated carbocycles. The molecule has 4 rings (SSSR count). The molecule has 2 amide bonds. The summed E-state index contributed by atoms with van der Waals surface area (Å²) in [6.45, 7) is 7.87. The number of nitrogens with one attached hydrogen (secondary N) is 2. The molecule has 40 heavy (non-hydrogen) atoms. The highest BCUT2D eigenvalue weighted by Gasteiger charge is 2.26. The first kappa shape index (κ1) is 29.4. The average molecular weight is 572 g/mol. The molecule has 0 radical (unpaired) electrons. The second kappa shape index (κ2) is 12.7. The van der Waals surface area contributed by atoms with E-state index in [1.165, 1.54) is 18.2 Å². The number of aromatic nitrogens is 2. The Balaban J connectivity index is 1.36. The van der Waals surface area contributed by atoms with Crippen LogP contribution >= 0.6 is 11.6 Å². The lowest BCUT2D eigenvalue weighted by atomic mass is 10.1. The highest BCUT2D eigenvalue weighted by atomic mass is 35.5. The van der Waals surface area contributed by atoms with Gasteiger partial charge in [-0.1, -0.05) is 17.7 Å². The molecule has 0 atom stereocenters. The number of carbonyl (C=O) groups excluding carboxylic acids is 2. The van der Waals surface area contributed by atoms with Crippen molar-refractivity contribution < 1.29 is 23.5 Å². The summed E-state index contributed by atoms with van der Waals surface area (Å²) in [5, 5.41) is 11.0. The Morgan fingerprint density at radius 3 is 2.55 bits per heavy atom. The van der Waals surface area contributed by atoms with Crippen LogP contribution in [0.5, 0.6) is 5.75 Å². The van der Waals surface area contributed by atoms with Crippen LogP contribution in [0.1, 0.15) is 44.0 Å². The number of carbonyl (C=O) groups is 2. The summed E-state index contributed by atoms with van der Waals surface area (Å²) in [6.07, 6.45) is 2.93. The van der Waals surface area contributed by atoms with Gasteiger partial charge in [-0.25, -0.2) is 9.18 Å². The normalized spacial score (nSPS) is 14.2. The number of piperidine rings is 1. The summed E-state index contributed by atoms with van der Waals surface area (Å²) < 4.78 is 26.8. The fraction of sp³-hybridized carbons (Fsp3) is 0.414. The third-order valence-electron chi connectivity index (χ3n) is 6.41. The molecule has 0 aliphatic carbocycles. The summed E-state index contributed by atoms with van der Waals surface area (Å²) in [5.74, 6) is -0.339. The molecule has 3 aromatic rings. The van der Waals surface area contributed by atoms with Crippen molar-refractivity contribution in [3.63, 3.8) is 0 Å². The number of nitrogens with zero attached hydrogens (tertiary/aromatic N) is 3. The highest BCUT2D eigenvalue weighted by Crippen LogP contribution is 2.36. The van der Waals surface area contributed by atoms with Crippen molar-refractivity contribution in [1.29, 1.82) is 0 Å². The van der Waals surface area contributed by atoms with Crippen molar-refractivity contribution in [1.82, 2.24) is 20.0 Å². The Morgan fingerprint density at radius 1 is 1.15 bits per heavy atom. The first-order valence-corrected chi connectivity index (χ1v) is 13.6. The summed E-state index contributed by atoms with van der Waals surface area (Å²) in [7, 11) is 1.77. The van der Waals surface area contributed by atoms with Crippen molar-refractivity contribution in [2.45, 2.75) is 45.3 Å². The van der Waals surface area contributed by atoms with Crippen LogP contribution in [0.4, 0.5) is 14.9 Å². The minimum Gasteiger partial charge on any atom is -0.492 e. The SMILES string of the molecule is Cn1ncc(Cl)c1-c1cc(NC(=O)c2cccc(F)c2)ccc1OCCNC1CCN(C(=O)OC(C)(C)C)CC1. The predicted octanol–water partition coefficient (Wildman–Crippen LogP) is 5.50. The quantitative estimate of drug-likeness (QED) is 0.347. The second-order valence-corrected chi connectivity index (χ2v) is 11.1. The smallest absolute Gasteiger partial charge is 0.410 e. The van der Waals surface area contributed by atoms with E-state index in [-0.39, 0.29) is 17.7 Å². The van der Waals surface area contributed by atoms with Crippen LogP contribution in [0, 0.1) is 5.82 Å². The zero-order valence-corrected chi connectivity index (χ0v) is 23.9. The van der Waals surface area contributed by atoms with Gasteiger partial charge >= 0.3 is 6.09 Å². The number of rotatable bonds is 8. The van der Waals surface area contributed by atoms with Gasteiger partial charge in [0.05, 0.1) is 16.9 Å². The zero-order valence-electron chi connectivity index (χ0n) is 23.2. The first-order chi connectivity index (χ1) is 19.0. The van der Waals surface area contributed by atoms with Crippen LogP contribution in [-0.2, 0) is 11.8 Å². The van der Waals surface area contributed by atoms with E-state index in [4.69, 9.17) is 21.1 Å². The van der Waals surface area contributed by atoms with Crippen molar-refractivity contribution in [2.24, 2.45) is 7.05 Å². The summed E-state index contributed by atoms with van der Waals surface area (Å²) in [5.41, 5.74) is 1.51. The maximum Gasteiger partial charge on any atom is 0.410 e. The van der Waals surface area contributed by atoms with Crippen molar-refractivity contribution in [3.8, 4) is 17.0 Å². The molecule has 1 saturated heterocycles. The lowest BCUT2D eigenvalue weighted by molar-refractivity contribution is 0.0197. The number of amides is 2. The molecule has 0 bridgehead atoms. The topological polar surface area (TPSA) is 97.7 Å². The van der Waals surface area contributed by atoms with Gasteiger partial charge in [-0.05, 0) is 70.0 Å². The van der Waals surface area contributed by atoms with E-state index in [1.807, 2.05) is 20.8 Å². The molecule has 1 fully saturated rings. The first-order valence-electron chi connectivity index (χ1n) is 13.2. The van der Waals surface area contributed by atoms with Crippen molar-refractivity contribution in [2.75, 3.05) is 31.6 Å². The predicted molar refractivity (Wildman–Crippen MR) is 152 cm³/mol. The number of hydrogen-bond donors (Lipinski definition) is 2. The molecule has 2 heterocycles. The lowest BCUT2D eigenvalue weighted by Gasteiger charge is -2.33. The van der Waals surface area contributed by atoms with Crippen LogP contribution in [0.3, 0.4) is 0 Å². The molecule has 0 spiro atoms. The van der Waals surface area contributed by atoms with Gasteiger partial charge in [-0.15, -0.1) is 0 Å². The number of anilines is 1. The van der Waals surface area contributed by atoms with Gasteiger partial charge in [0.1, 0.15) is 23.8 Å². The lowest BCUT2D eigenvalue weighted by Crippen LogP contribution is -2.47. The minimum atomic E-state index is -0.507. The van der Waals surface area contributed by atoms with E-state index in [0.717, 1.165) is 12.8 Å². The third kappa shape index (κ3) is 7.73. The van der Waals surface area contributed by atoms with Gasteiger partial charge in [-0.2, -0.15) is 5.10 Å². The van der Waals surface area contributed by atoms with Gasteiger partial charge in [0.25, 0.3) is 5.91 Å². The van der Waals surface area contributed by atoms with Crippen molar-refractivity contribution >= 4 is 29.3 Å². The number of likely N-dealkylation sites (tertiary alicyclic amines) is 1. The largest absolute Gasteiger partial charge is 0.492 e. The van der Waals surface area contributed by atoms with Gasteiger partial charge in [-0.3, -0.25) is 9.48 Å². The summed E-state index contributed by atoms with van der Waals surface area (Å²) in [6, 6.07) is 11.0. The van der Waals surface area contributed by atoms with E-state index < -0.39 is 17.3 Å². The van der Waals surface area contributed by atoms with Gasteiger partial charge in [0.2, 0.25) is 0 Å². The minimum absolute atomic E-state index is 0.212. The second-order valence-electron chi connectivity index (χ2n) is 10.7. The summed E-state index contributed by atoms with van der Waals surface area (Å²) in [4.78, 5) is 26.7. The molecule has 0 unspecified atom stereocenters. The zero-order chi connectivity index (χ0) is 28.9. The number of aryl methyl sites for hydroxylation is 1. The number of benzene rings is 2. The maximum absolute atomic E-state index is 13.6. The molecule has 9 nitrogen and oxygen atoms in total. The maximum atomic E-state index is 13.6. The molecule has 2 N–H and O–H groups in total. The number of ether oxygens (including phenoxy) is 2. The fourth-order valence-electron chi connectivity index (χ4n) is 4.48. The molecular weight excluding hydrogens is 537 g/mol. The fourth-order valence-corrected chi connectivity index (χ4v) is 4.75. The van der Waals surface area contributed by atoms with E-state index in [0.29, 0.717) is 54.0 Å². The molecular formula is C29H35ClFN5O4. The van der Waals surface area contributed by atoms with Crippen LogP contribution < -0.4 is 15.4 Å². The van der Waals surface area contributed by atoms with E-state index in [2.05, 4.69) is 15.7 Å².